The van der Waals surface area contributed by atoms with Crippen LogP contribution in [0.5, 0.6) is 5.75 Å². The van der Waals surface area contributed by atoms with Crippen molar-refractivity contribution in [2.45, 2.75) is 40.2 Å². The highest BCUT2D eigenvalue weighted by atomic mass is 19.1. The van der Waals surface area contributed by atoms with Gasteiger partial charge in [-0.05, 0) is 47.9 Å². The highest BCUT2D eigenvalue weighted by Gasteiger charge is 2.24. The van der Waals surface area contributed by atoms with E-state index in [1.807, 2.05) is 63.2 Å². The molecule has 0 saturated carbocycles. The second-order valence-corrected chi connectivity index (χ2v) is 7.80. The van der Waals surface area contributed by atoms with Crippen molar-refractivity contribution in [3.8, 4) is 16.9 Å². The minimum absolute atomic E-state index is 0.0725. The van der Waals surface area contributed by atoms with Crippen LogP contribution >= 0.6 is 0 Å². The minimum atomic E-state index is -0.269. The number of benzene rings is 3. The molecule has 0 fully saturated rings. The summed E-state index contributed by atoms with van der Waals surface area (Å²) in [5, 5.41) is 21.3. The van der Waals surface area contributed by atoms with E-state index >= 15 is 0 Å². The van der Waals surface area contributed by atoms with Gasteiger partial charge in [-0.25, -0.2) is 4.39 Å². The molecular weight excluding hydrogens is 417 g/mol. The summed E-state index contributed by atoms with van der Waals surface area (Å²) in [5.74, 6) is 0.148. The fourth-order valence-electron chi connectivity index (χ4n) is 3.76. The van der Waals surface area contributed by atoms with Crippen molar-refractivity contribution in [1.29, 1.82) is 0 Å². The number of hydrogen-bond donors (Lipinski definition) is 2. The predicted octanol–water partition coefficient (Wildman–Crippen LogP) is 6.18. The van der Waals surface area contributed by atoms with E-state index in [-0.39, 0.29) is 18.3 Å². The number of aliphatic hydroxyl groups is 1. The maximum atomic E-state index is 13.9. The molecule has 3 aromatic carbocycles. The Bertz CT molecular complexity index is 1220. The molecule has 0 bridgehead atoms. The second-order valence-electron chi connectivity index (χ2n) is 7.80. The van der Waals surface area contributed by atoms with Gasteiger partial charge in [-0.2, -0.15) is 0 Å². The number of aryl methyl sites for hydroxylation is 1. The fraction of sp³-hybridized carbons (Fsp3) is 0.250. The number of rotatable bonds is 6. The molecule has 1 unspecified atom stereocenters. The van der Waals surface area contributed by atoms with Crippen LogP contribution in [-0.2, 0) is 6.61 Å². The van der Waals surface area contributed by atoms with Crippen LogP contribution in [-0.4, -0.2) is 16.9 Å². The first-order valence-corrected chi connectivity index (χ1v) is 11.2. The minimum Gasteiger partial charge on any atom is -0.489 e. The largest absolute Gasteiger partial charge is 0.489 e. The molecule has 0 aliphatic rings. The molecule has 4 rings (SSSR count). The van der Waals surface area contributed by atoms with E-state index < -0.39 is 0 Å². The van der Waals surface area contributed by atoms with E-state index in [9.17, 15) is 14.7 Å². The molecule has 33 heavy (non-hydrogen) atoms. The Hall–Kier alpha value is -3.44. The van der Waals surface area contributed by atoms with Crippen molar-refractivity contribution in [3.63, 3.8) is 0 Å². The number of fused-ring (bicyclic) bond motifs is 1. The first-order chi connectivity index (χ1) is 16.0. The summed E-state index contributed by atoms with van der Waals surface area (Å²) in [6.45, 7) is 7.96. The van der Waals surface area contributed by atoms with Gasteiger partial charge in [-0.1, -0.05) is 57.2 Å². The fourth-order valence-corrected chi connectivity index (χ4v) is 3.76. The smallest absolute Gasteiger partial charge is 0.268 e. The molecule has 2 N–H and O–H groups in total. The average molecular weight is 449 g/mol. The quantitative estimate of drug-likeness (QED) is 0.274. The van der Waals surface area contributed by atoms with E-state index in [1.165, 1.54) is 6.07 Å². The summed E-state index contributed by atoms with van der Waals surface area (Å²) in [7, 11) is 0. The van der Waals surface area contributed by atoms with Gasteiger partial charge in [-0.3, -0.25) is 5.21 Å². The highest BCUT2D eigenvalue weighted by Crippen LogP contribution is 2.36. The Kier molecular flexibility index (Phi) is 8.01. The van der Waals surface area contributed by atoms with Crippen LogP contribution < -0.4 is 9.47 Å². The monoisotopic (exact) mass is 448 g/mol. The maximum Gasteiger partial charge on any atom is 0.268 e. The van der Waals surface area contributed by atoms with E-state index in [0.717, 1.165) is 32.4 Å². The number of hydrogen-bond acceptors (Lipinski definition) is 3. The number of aliphatic hydroxyl groups excluding tert-OH is 1. The van der Waals surface area contributed by atoms with Crippen LogP contribution in [0.3, 0.4) is 0 Å². The van der Waals surface area contributed by atoms with Gasteiger partial charge in [-0.15, -0.1) is 0 Å². The third-order valence-electron chi connectivity index (χ3n) is 5.54. The lowest BCUT2D eigenvalue weighted by Gasteiger charge is -2.16. The van der Waals surface area contributed by atoms with E-state index in [2.05, 4.69) is 0 Å². The van der Waals surface area contributed by atoms with E-state index in [4.69, 9.17) is 4.74 Å². The SMILES string of the molecule is CC.Cc1cc(-c2c(C(C)CO)c[n+](O)c3cc(OCc4ccccc4)ccc23)ccc1F. The Morgan fingerprint density at radius 3 is 2.39 bits per heavy atom. The van der Waals surface area contributed by atoms with Crippen molar-refractivity contribution < 1.29 is 24.2 Å². The van der Waals surface area contributed by atoms with Crippen LogP contribution in [0.1, 0.15) is 43.4 Å². The predicted molar refractivity (Wildman–Crippen MR) is 129 cm³/mol. The molecule has 0 radical (unpaired) electrons. The molecule has 5 heteroatoms. The van der Waals surface area contributed by atoms with Crippen molar-refractivity contribution >= 4 is 10.9 Å². The molecule has 172 valence electrons. The van der Waals surface area contributed by atoms with E-state index in [1.54, 1.807) is 31.3 Å². The average Bonchev–Trinajstić information content (AvgIpc) is 2.86. The zero-order valence-electron chi connectivity index (χ0n) is 19.5. The highest BCUT2D eigenvalue weighted by molar-refractivity contribution is 5.95. The van der Waals surface area contributed by atoms with Gasteiger partial charge in [0.25, 0.3) is 5.52 Å². The van der Waals surface area contributed by atoms with Crippen LogP contribution in [0.15, 0.2) is 72.9 Å². The molecule has 1 aromatic heterocycles. The summed E-state index contributed by atoms with van der Waals surface area (Å²) in [4.78, 5) is 0. The topological polar surface area (TPSA) is 53.6 Å². The van der Waals surface area contributed by atoms with Gasteiger partial charge in [0.2, 0.25) is 6.20 Å². The van der Waals surface area contributed by atoms with Gasteiger partial charge in [0.05, 0.1) is 11.5 Å². The molecule has 0 amide bonds. The van der Waals surface area contributed by atoms with Crippen LogP contribution in [0, 0.1) is 12.7 Å². The standard InChI is InChI=1S/C26H25FNO3.C2H6/c1-17-12-20(8-11-24(17)27)26-22-10-9-21(31-16-19-6-4-3-5-7-19)13-25(22)28(30)14-23(26)18(2)15-29;1-2/h3-14,18,29-30H,15-16H2,1-2H3;1-2H3/q+1;. The first-order valence-electron chi connectivity index (χ1n) is 11.2. The summed E-state index contributed by atoms with van der Waals surface area (Å²) in [6.07, 6.45) is 1.61. The van der Waals surface area contributed by atoms with Crippen molar-refractivity contribution in [3.05, 3.63) is 95.4 Å². The number of nitrogens with zero attached hydrogens (tertiary/aromatic N) is 1. The van der Waals surface area contributed by atoms with Crippen LogP contribution in [0.25, 0.3) is 22.0 Å². The molecule has 0 saturated heterocycles. The number of halogens is 1. The Labute approximate surface area is 194 Å². The first kappa shape index (κ1) is 24.2. The molecule has 1 atom stereocenters. The van der Waals surface area contributed by atoms with Gasteiger partial charge in [0.15, 0.2) is 0 Å². The number of aromatic nitrogens is 1. The molecule has 0 spiro atoms. The van der Waals surface area contributed by atoms with Gasteiger partial charge in [0.1, 0.15) is 18.2 Å². The van der Waals surface area contributed by atoms with Crippen LogP contribution in [0.2, 0.25) is 0 Å². The third-order valence-corrected chi connectivity index (χ3v) is 5.54. The number of pyridine rings is 1. The molecule has 0 aliphatic carbocycles. The molecule has 1 heterocycles. The van der Waals surface area contributed by atoms with Crippen molar-refractivity contribution in [1.82, 2.24) is 0 Å². The summed E-state index contributed by atoms with van der Waals surface area (Å²) >= 11 is 0. The lowest BCUT2D eigenvalue weighted by atomic mass is 9.89. The normalized spacial score (nSPS) is 11.6. The number of ether oxygens (including phenoxy) is 1. The van der Waals surface area contributed by atoms with Crippen molar-refractivity contribution in [2.75, 3.05) is 6.61 Å². The zero-order valence-corrected chi connectivity index (χ0v) is 19.5. The lowest BCUT2D eigenvalue weighted by molar-refractivity contribution is -0.884. The maximum absolute atomic E-state index is 13.9. The van der Waals surface area contributed by atoms with Gasteiger partial charge < -0.3 is 9.84 Å². The molecule has 4 nitrogen and oxygen atoms in total. The molecule has 0 aliphatic heterocycles. The second kappa shape index (κ2) is 10.9. The summed E-state index contributed by atoms with van der Waals surface area (Å²) in [6, 6.07) is 20.4. The summed E-state index contributed by atoms with van der Waals surface area (Å²) < 4.78 is 20.9. The Morgan fingerprint density at radius 2 is 1.73 bits per heavy atom. The van der Waals surface area contributed by atoms with Gasteiger partial charge in [0, 0.05) is 28.4 Å². The molecule has 4 aromatic rings. The third kappa shape index (κ3) is 5.32. The van der Waals surface area contributed by atoms with Crippen LogP contribution in [0.4, 0.5) is 4.39 Å². The Balaban J connectivity index is 0.00000149. The lowest BCUT2D eigenvalue weighted by Crippen LogP contribution is -2.32. The van der Waals surface area contributed by atoms with Gasteiger partial charge >= 0.3 is 0 Å². The molecular formula is C28H31FNO3+. The van der Waals surface area contributed by atoms with E-state index in [0.29, 0.717) is 23.4 Å². The Morgan fingerprint density at radius 1 is 1.00 bits per heavy atom. The van der Waals surface area contributed by atoms with Crippen molar-refractivity contribution in [2.24, 2.45) is 0 Å². The zero-order chi connectivity index (χ0) is 24.0. The summed E-state index contributed by atoms with van der Waals surface area (Å²) in [5.41, 5.74) is 4.63.